The lowest BCUT2D eigenvalue weighted by Gasteiger charge is -2.19. The summed E-state index contributed by atoms with van der Waals surface area (Å²) in [5, 5.41) is 3.00. The molecule has 1 unspecified atom stereocenters. The van der Waals surface area contributed by atoms with Gasteiger partial charge in [0, 0.05) is 13.1 Å². The molecule has 1 N–H and O–H groups in total. The van der Waals surface area contributed by atoms with Gasteiger partial charge in [-0.05, 0) is 56.1 Å². The van der Waals surface area contributed by atoms with Crippen LogP contribution in [-0.2, 0) is 17.9 Å². The van der Waals surface area contributed by atoms with Crippen LogP contribution in [0.15, 0.2) is 54.6 Å². The van der Waals surface area contributed by atoms with E-state index in [1.54, 1.807) is 6.92 Å². The van der Waals surface area contributed by atoms with Gasteiger partial charge in [-0.25, -0.2) is 0 Å². The maximum atomic E-state index is 12.3. The molecule has 0 radical (unpaired) electrons. The third-order valence-electron chi connectivity index (χ3n) is 4.59. The number of hydrogen-bond acceptors (Lipinski definition) is 3. The Morgan fingerprint density at radius 1 is 1.04 bits per heavy atom. The van der Waals surface area contributed by atoms with E-state index in [1.807, 2.05) is 36.4 Å². The highest BCUT2D eigenvalue weighted by molar-refractivity contribution is 5.80. The molecule has 0 aliphatic carbocycles. The lowest BCUT2D eigenvalue weighted by Crippen LogP contribution is -2.36. The Bertz CT molecular complexity index is 681. The van der Waals surface area contributed by atoms with E-state index in [1.165, 1.54) is 37.1 Å². The van der Waals surface area contributed by atoms with Crippen molar-refractivity contribution in [2.45, 2.75) is 39.0 Å². The molecule has 0 bridgehead atoms. The van der Waals surface area contributed by atoms with Crippen LogP contribution in [0.4, 0.5) is 0 Å². The number of ether oxygens (including phenoxy) is 1. The standard InChI is InChI=1S/C21H26N2O2/c1-17(25-20-11-3-2-4-12-20)21(24)22-15-18-9-5-6-10-19(18)16-23-13-7-8-14-23/h2-6,9-12,17H,7-8,13-16H2,1H3,(H,22,24). The molecule has 1 fully saturated rings. The number of nitrogens with one attached hydrogen (secondary N) is 1. The molecule has 25 heavy (non-hydrogen) atoms. The molecule has 0 spiro atoms. The summed E-state index contributed by atoms with van der Waals surface area (Å²) in [6, 6.07) is 17.8. The van der Waals surface area contributed by atoms with E-state index in [4.69, 9.17) is 4.74 Å². The third kappa shape index (κ3) is 5.07. The summed E-state index contributed by atoms with van der Waals surface area (Å²) >= 11 is 0. The average Bonchev–Trinajstić information content (AvgIpc) is 3.14. The van der Waals surface area contributed by atoms with E-state index in [-0.39, 0.29) is 5.91 Å². The highest BCUT2D eigenvalue weighted by Crippen LogP contribution is 2.16. The SMILES string of the molecule is CC(Oc1ccccc1)C(=O)NCc1ccccc1CN1CCCC1. The Labute approximate surface area is 149 Å². The Hall–Kier alpha value is -2.33. The van der Waals surface area contributed by atoms with E-state index in [9.17, 15) is 4.79 Å². The second kappa shape index (κ2) is 8.67. The van der Waals surface area contributed by atoms with Gasteiger partial charge in [0.05, 0.1) is 0 Å². The van der Waals surface area contributed by atoms with Crippen LogP contribution in [0.3, 0.4) is 0 Å². The predicted octanol–water partition coefficient (Wildman–Crippen LogP) is 3.37. The minimum absolute atomic E-state index is 0.0974. The van der Waals surface area contributed by atoms with Crippen LogP contribution in [0.25, 0.3) is 0 Å². The first-order valence-corrected chi connectivity index (χ1v) is 9.01. The van der Waals surface area contributed by atoms with Crippen molar-refractivity contribution in [1.82, 2.24) is 10.2 Å². The van der Waals surface area contributed by atoms with E-state index >= 15 is 0 Å². The highest BCUT2D eigenvalue weighted by Gasteiger charge is 2.16. The number of carbonyl (C=O) groups is 1. The minimum Gasteiger partial charge on any atom is -0.481 e. The predicted molar refractivity (Wildman–Crippen MR) is 99.3 cm³/mol. The Morgan fingerprint density at radius 3 is 2.40 bits per heavy atom. The zero-order valence-corrected chi connectivity index (χ0v) is 14.8. The van der Waals surface area contributed by atoms with Crippen molar-refractivity contribution >= 4 is 5.91 Å². The maximum Gasteiger partial charge on any atom is 0.261 e. The molecular weight excluding hydrogens is 312 g/mol. The summed E-state index contributed by atoms with van der Waals surface area (Å²) in [5.74, 6) is 0.611. The van der Waals surface area contributed by atoms with E-state index in [0.29, 0.717) is 12.3 Å². The first-order chi connectivity index (χ1) is 12.2. The summed E-state index contributed by atoms with van der Waals surface area (Å²) in [5.41, 5.74) is 2.47. The minimum atomic E-state index is -0.520. The van der Waals surface area contributed by atoms with Crippen molar-refractivity contribution in [3.8, 4) is 5.75 Å². The normalized spacial score (nSPS) is 15.7. The zero-order chi connectivity index (χ0) is 17.5. The quantitative estimate of drug-likeness (QED) is 0.842. The van der Waals surface area contributed by atoms with Crippen LogP contribution < -0.4 is 10.1 Å². The molecule has 4 heteroatoms. The number of rotatable bonds is 7. The van der Waals surface area contributed by atoms with Crippen LogP contribution in [0, 0.1) is 0 Å². The fourth-order valence-electron chi connectivity index (χ4n) is 3.15. The lowest BCUT2D eigenvalue weighted by molar-refractivity contribution is -0.127. The van der Waals surface area contributed by atoms with Gasteiger partial charge in [-0.1, -0.05) is 42.5 Å². The van der Waals surface area contributed by atoms with Crippen molar-refractivity contribution < 1.29 is 9.53 Å². The monoisotopic (exact) mass is 338 g/mol. The van der Waals surface area contributed by atoms with Crippen LogP contribution in [0.1, 0.15) is 30.9 Å². The molecule has 2 aromatic rings. The van der Waals surface area contributed by atoms with Crippen LogP contribution >= 0.6 is 0 Å². The first kappa shape index (κ1) is 17.5. The topological polar surface area (TPSA) is 41.6 Å². The molecule has 2 aromatic carbocycles. The van der Waals surface area contributed by atoms with Gasteiger partial charge in [-0.15, -0.1) is 0 Å². The molecule has 1 aliphatic heterocycles. The number of hydrogen-bond donors (Lipinski definition) is 1. The Kier molecular flexibility index (Phi) is 6.07. The molecular formula is C21H26N2O2. The first-order valence-electron chi connectivity index (χ1n) is 9.01. The van der Waals surface area contributed by atoms with Gasteiger partial charge in [0.25, 0.3) is 5.91 Å². The Balaban J connectivity index is 1.54. The van der Waals surface area contributed by atoms with Gasteiger partial charge in [0.2, 0.25) is 0 Å². The van der Waals surface area contributed by atoms with E-state index in [0.717, 1.165) is 6.54 Å². The zero-order valence-electron chi connectivity index (χ0n) is 14.8. The third-order valence-corrected chi connectivity index (χ3v) is 4.59. The van der Waals surface area contributed by atoms with Crippen LogP contribution in [0.5, 0.6) is 5.75 Å². The van der Waals surface area contributed by atoms with Gasteiger partial charge >= 0.3 is 0 Å². The van der Waals surface area contributed by atoms with Crippen molar-refractivity contribution in [3.63, 3.8) is 0 Å². The summed E-state index contributed by atoms with van der Waals surface area (Å²) in [6.45, 7) is 5.61. The average molecular weight is 338 g/mol. The van der Waals surface area contributed by atoms with Crippen molar-refractivity contribution in [1.29, 1.82) is 0 Å². The van der Waals surface area contributed by atoms with Gasteiger partial charge in [0.15, 0.2) is 6.10 Å². The van der Waals surface area contributed by atoms with Gasteiger partial charge < -0.3 is 10.1 Å². The van der Waals surface area contributed by atoms with Crippen LogP contribution in [-0.4, -0.2) is 30.0 Å². The lowest BCUT2D eigenvalue weighted by atomic mass is 10.1. The molecule has 3 rings (SSSR count). The molecule has 132 valence electrons. The largest absolute Gasteiger partial charge is 0.481 e. The fraction of sp³-hybridized carbons (Fsp3) is 0.381. The number of likely N-dealkylation sites (tertiary alicyclic amines) is 1. The maximum absolute atomic E-state index is 12.3. The van der Waals surface area contributed by atoms with Gasteiger partial charge in [-0.2, -0.15) is 0 Å². The second-order valence-electron chi connectivity index (χ2n) is 6.54. The molecule has 1 amide bonds. The highest BCUT2D eigenvalue weighted by atomic mass is 16.5. The molecule has 1 aliphatic rings. The Morgan fingerprint density at radius 2 is 1.68 bits per heavy atom. The number of para-hydroxylation sites is 1. The second-order valence-corrected chi connectivity index (χ2v) is 6.54. The van der Waals surface area contributed by atoms with Gasteiger partial charge in [-0.3, -0.25) is 9.69 Å². The summed E-state index contributed by atoms with van der Waals surface area (Å²) < 4.78 is 5.68. The summed E-state index contributed by atoms with van der Waals surface area (Å²) in [6.07, 6.45) is 2.05. The molecule has 0 aromatic heterocycles. The summed E-state index contributed by atoms with van der Waals surface area (Å²) in [7, 11) is 0. The van der Waals surface area contributed by atoms with Gasteiger partial charge in [0.1, 0.15) is 5.75 Å². The van der Waals surface area contributed by atoms with Crippen LogP contribution in [0.2, 0.25) is 0 Å². The summed E-state index contributed by atoms with van der Waals surface area (Å²) in [4.78, 5) is 14.8. The molecule has 1 atom stereocenters. The van der Waals surface area contributed by atoms with Crippen molar-refractivity contribution in [3.05, 3.63) is 65.7 Å². The molecule has 0 saturated carbocycles. The van der Waals surface area contributed by atoms with Crippen molar-refractivity contribution in [2.24, 2.45) is 0 Å². The number of nitrogens with zero attached hydrogens (tertiary/aromatic N) is 1. The number of amides is 1. The molecule has 1 saturated heterocycles. The smallest absolute Gasteiger partial charge is 0.261 e. The fourth-order valence-corrected chi connectivity index (χ4v) is 3.15. The van der Waals surface area contributed by atoms with E-state index in [2.05, 4.69) is 28.4 Å². The number of carbonyl (C=O) groups excluding carboxylic acids is 1. The van der Waals surface area contributed by atoms with E-state index < -0.39 is 6.10 Å². The number of benzene rings is 2. The molecule has 4 nitrogen and oxygen atoms in total. The van der Waals surface area contributed by atoms with Crippen molar-refractivity contribution in [2.75, 3.05) is 13.1 Å². The molecule has 1 heterocycles.